The first-order chi connectivity index (χ1) is 26.4. The van der Waals surface area contributed by atoms with Crippen LogP contribution in [0.1, 0.15) is 90.2 Å². The lowest BCUT2D eigenvalue weighted by molar-refractivity contribution is -0.140. The molecular formula is C37H44F4N8O6S. The van der Waals surface area contributed by atoms with E-state index in [0.717, 1.165) is 12.1 Å². The van der Waals surface area contributed by atoms with Gasteiger partial charge in [0.25, 0.3) is 11.9 Å². The highest BCUT2D eigenvalue weighted by Crippen LogP contribution is 2.47. The molecule has 14 nitrogen and oxygen atoms in total. The lowest BCUT2D eigenvalue weighted by Gasteiger charge is -2.30. The second kappa shape index (κ2) is 14.6. The summed E-state index contributed by atoms with van der Waals surface area (Å²) in [6.45, 7) is 5.18. The average Bonchev–Trinajstić information content (AvgIpc) is 3.94. The summed E-state index contributed by atoms with van der Waals surface area (Å²) in [6.07, 6.45) is 4.17. The van der Waals surface area contributed by atoms with E-state index in [1.165, 1.54) is 17.4 Å². The van der Waals surface area contributed by atoms with Crippen molar-refractivity contribution in [2.45, 2.75) is 119 Å². The van der Waals surface area contributed by atoms with Crippen molar-refractivity contribution in [2.24, 2.45) is 5.92 Å². The first-order valence-electron chi connectivity index (χ1n) is 18.8. The van der Waals surface area contributed by atoms with Crippen molar-refractivity contribution in [3.63, 3.8) is 0 Å². The predicted octanol–water partition coefficient (Wildman–Crippen LogP) is 4.79. The average molecular weight is 805 g/mol. The monoisotopic (exact) mass is 804 g/mol. The number of nitrogens with one attached hydrogen (secondary N) is 3. The first-order valence-corrected chi connectivity index (χ1v) is 20.2. The van der Waals surface area contributed by atoms with E-state index >= 15 is 0 Å². The fourth-order valence-corrected chi connectivity index (χ4v) is 8.82. The fourth-order valence-electron chi connectivity index (χ4n) is 7.51. The third-order valence-corrected chi connectivity index (χ3v) is 13.3. The van der Waals surface area contributed by atoms with E-state index in [1.807, 2.05) is 19.9 Å². The molecule has 2 aromatic heterocycles. The number of hydrogen-bond donors (Lipinski definition) is 3. The van der Waals surface area contributed by atoms with Gasteiger partial charge >= 0.3 is 6.18 Å². The first kappa shape index (κ1) is 39.4. The summed E-state index contributed by atoms with van der Waals surface area (Å²) in [7, 11) is -4.06. The maximum Gasteiger partial charge on any atom is 0.416 e. The van der Waals surface area contributed by atoms with E-state index in [-0.39, 0.29) is 43.5 Å². The number of alkyl halides is 3. The molecule has 19 heteroatoms. The number of amides is 3. The highest BCUT2D eigenvalue weighted by molar-refractivity contribution is 7.91. The minimum atomic E-state index is -4.85. The van der Waals surface area contributed by atoms with E-state index in [1.54, 1.807) is 17.6 Å². The Balaban J connectivity index is 1.23. The number of sulfonamides is 1. The van der Waals surface area contributed by atoms with Crippen molar-refractivity contribution in [3.8, 4) is 6.01 Å². The van der Waals surface area contributed by atoms with Crippen LogP contribution in [0.3, 0.4) is 0 Å². The lowest BCUT2D eigenvalue weighted by atomic mass is 10.0. The van der Waals surface area contributed by atoms with E-state index < -0.39 is 79.7 Å². The van der Waals surface area contributed by atoms with Gasteiger partial charge in [-0.2, -0.15) is 18.2 Å². The molecule has 0 radical (unpaired) electrons. The van der Waals surface area contributed by atoms with Crippen molar-refractivity contribution in [2.75, 3.05) is 11.9 Å². The molecule has 3 N–H and O–H groups in total. The van der Waals surface area contributed by atoms with Gasteiger partial charge in [-0.1, -0.05) is 25.0 Å². The normalized spacial score (nSPS) is 27.4. The molecule has 0 unspecified atom stereocenters. The number of benzene rings is 1. The molecule has 3 amide bonds. The minimum Gasteiger partial charge on any atom is -0.459 e. The number of fused-ring (bicyclic) bond motifs is 3. The Morgan fingerprint density at radius 1 is 1.12 bits per heavy atom. The van der Waals surface area contributed by atoms with Gasteiger partial charge in [0.05, 0.1) is 23.1 Å². The quantitative estimate of drug-likeness (QED) is 0.212. The molecule has 2 saturated carbocycles. The lowest BCUT2D eigenvalue weighted by Crippen LogP contribution is -2.58. The fraction of sp³-hybridized carbons (Fsp3) is 0.568. The number of imidazole rings is 1. The third kappa shape index (κ3) is 7.78. The summed E-state index contributed by atoms with van der Waals surface area (Å²) in [6, 6.07) is -0.496. The van der Waals surface area contributed by atoms with Gasteiger partial charge in [0.15, 0.2) is 5.65 Å². The number of nitrogens with zero attached hydrogens (tertiary/aromatic N) is 5. The van der Waals surface area contributed by atoms with Crippen LogP contribution in [0.5, 0.6) is 6.01 Å². The maximum absolute atomic E-state index is 14.6. The molecule has 3 fully saturated rings. The Hall–Kier alpha value is -4.81. The number of carbonyl (C=O) groups is 3. The van der Waals surface area contributed by atoms with Crippen LogP contribution in [0.4, 0.5) is 23.2 Å². The van der Waals surface area contributed by atoms with Crippen molar-refractivity contribution in [3.05, 3.63) is 54.3 Å². The SMILES string of the molecule is CC(C)n1c(O[C@@H]2C[C@H]3C(=O)N[C@]4(C(=O)NS(=O)(=O)C5(C)CC5)C[C@H]4/C=C\CCCCC[C@H](Nc4cc(F)cc(C(F)(F)F)c4)C(=O)N3C2)nc2cncnc21. The van der Waals surface area contributed by atoms with E-state index in [0.29, 0.717) is 55.8 Å². The van der Waals surface area contributed by atoms with Crippen LogP contribution in [0.25, 0.3) is 11.2 Å². The number of ether oxygens (including phenoxy) is 1. The summed E-state index contributed by atoms with van der Waals surface area (Å²) in [4.78, 5) is 57.0. The van der Waals surface area contributed by atoms with E-state index in [2.05, 4.69) is 30.3 Å². The van der Waals surface area contributed by atoms with E-state index in [4.69, 9.17) is 4.74 Å². The van der Waals surface area contributed by atoms with Gasteiger partial charge in [0.2, 0.25) is 21.8 Å². The molecule has 0 spiro atoms. The van der Waals surface area contributed by atoms with Crippen LogP contribution in [0.2, 0.25) is 0 Å². The second-order valence-electron chi connectivity index (χ2n) is 15.7. The summed E-state index contributed by atoms with van der Waals surface area (Å²) < 4.78 is 91.0. The van der Waals surface area contributed by atoms with Gasteiger partial charge in [0, 0.05) is 24.1 Å². The molecule has 0 bridgehead atoms. The zero-order valence-electron chi connectivity index (χ0n) is 31.1. The molecule has 4 heterocycles. The summed E-state index contributed by atoms with van der Waals surface area (Å²) in [5.41, 5.74) is -2.16. The Labute approximate surface area is 320 Å². The van der Waals surface area contributed by atoms with Crippen LogP contribution in [0, 0.1) is 11.7 Å². The van der Waals surface area contributed by atoms with Gasteiger partial charge in [-0.15, -0.1) is 0 Å². The molecule has 1 aromatic carbocycles. The molecule has 56 heavy (non-hydrogen) atoms. The van der Waals surface area contributed by atoms with Crippen molar-refractivity contribution in [1.82, 2.24) is 34.5 Å². The Kier molecular flexibility index (Phi) is 10.3. The van der Waals surface area contributed by atoms with E-state index in [9.17, 15) is 40.4 Å². The van der Waals surface area contributed by atoms with Gasteiger partial charge in [-0.3, -0.25) is 23.7 Å². The topological polar surface area (TPSA) is 178 Å². The highest BCUT2D eigenvalue weighted by atomic mass is 32.2. The summed E-state index contributed by atoms with van der Waals surface area (Å²) in [5.74, 6) is -3.94. The maximum atomic E-state index is 14.6. The molecule has 2 aliphatic heterocycles. The van der Waals surface area contributed by atoms with Gasteiger partial charge in [-0.05, 0) is 77.5 Å². The number of carbonyl (C=O) groups excluding carboxylic acids is 3. The van der Waals surface area contributed by atoms with Crippen LogP contribution in [-0.4, -0.2) is 85.6 Å². The summed E-state index contributed by atoms with van der Waals surface area (Å²) in [5, 5.41) is 5.62. The molecule has 4 aliphatic rings. The Morgan fingerprint density at radius 3 is 2.61 bits per heavy atom. The molecule has 2 aliphatic carbocycles. The van der Waals surface area contributed by atoms with Gasteiger partial charge in [-0.25, -0.2) is 22.8 Å². The second-order valence-corrected chi connectivity index (χ2v) is 17.9. The number of hydrogen-bond acceptors (Lipinski definition) is 10. The molecule has 7 rings (SSSR count). The largest absolute Gasteiger partial charge is 0.459 e. The van der Waals surface area contributed by atoms with Crippen molar-refractivity contribution < 1.29 is 45.1 Å². The zero-order chi connectivity index (χ0) is 40.2. The number of allylic oxidation sites excluding steroid dienone is 1. The Bertz CT molecular complexity index is 2170. The molecular weight excluding hydrogens is 761 g/mol. The van der Waals surface area contributed by atoms with Crippen LogP contribution in [-0.2, 0) is 30.6 Å². The van der Waals surface area contributed by atoms with Gasteiger partial charge in [0.1, 0.15) is 41.4 Å². The van der Waals surface area contributed by atoms with Crippen molar-refractivity contribution >= 4 is 44.6 Å². The van der Waals surface area contributed by atoms with Crippen LogP contribution in [0.15, 0.2) is 42.9 Å². The molecule has 302 valence electrons. The molecule has 5 atom stereocenters. The highest BCUT2D eigenvalue weighted by Gasteiger charge is 2.63. The van der Waals surface area contributed by atoms with Crippen LogP contribution >= 0.6 is 0 Å². The standard InChI is InChI=1S/C37H44F4N8O6S/c1-21(2)49-30-28(18-42-20-43-30)45-34(49)55-26-16-29-31(50)46-36(33(52)47-56(53,54)35(3)11-12-35)17-22(36)9-7-5-4-6-8-10-27(32(51)48(29)19-26)44-25-14-23(37(39,40)41)13-24(38)15-25/h7,9,13-15,18,20-22,26-27,29,44H,4-6,8,10-12,16-17,19H2,1-3H3,(H,46,50)(H,47,52)/b9-7-/t22-,26-,27+,29+,36-/m1/s1. The number of halogens is 4. The number of anilines is 1. The third-order valence-electron chi connectivity index (χ3n) is 11.2. The number of aromatic nitrogens is 4. The number of rotatable bonds is 8. The smallest absolute Gasteiger partial charge is 0.416 e. The zero-order valence-corrected chi connectivity index (χ0v) is 31.9. The summed E-state index contributed by atoms with van der Waals surface area (Å²) >= 11 is 0. The minimum absolute atomic E-state index is 0.0793. The predicted molar refractivity (Wildman–Crippen MR) is 195 cm³/mol. The molecule has 3 aromatic rings. The Morgan fingerprint density at radius 2 is 1.89 bits per heavy atom. The van der Waals surface area contributed by atoms with Gasteiger partial charge < -0.3 is 20.3 Å². The van der Waals surface area contributed by atoms with Crippen molar-refractivity contribution in [1.29, 1.82) is 0 Å². The molecule has 1 saturated heterocycles. The van der Waals surface area contributed by atoms with Crippen LogP contribution < -0.4 is 20.1 Å².